The SMILES string of the molecule is CCOC(=O)C#CC12CCC1[C@]1(C)[C@H]3CC[C@]4(C)[C@H](O)CC[C@H]4[C@@H]3CC[C@]1(O)CC2=O. The quantitative estimate of drug-likeness (QED) is 0.381. The molecule has 5 saturated carbocycles. The number of ether oxygens (including phenoxy) is 1. The van der Waals surface area contributed by atoms with E-state index in [2.05, 4.69) is 25.7 Å². The Hall–Kier alpha value is -1.38. The third-order valence-electron chi connectivity index (χ3n) is 10.8. The molecule has 31 heavy (non-hydrogen) atoms. The molecule has 2 unspecified atom stereocenters. The van der Waals surface area contributed by atoms with Crippen LogP contribution >= 0.6 is 0 Å². The predicted octanol–water partition coefficient (Wildman–Crippen LogP) is 3.26. The van der Waals surface area contributed by atoms with Gasteiger partial charge < -0.3 is 14.9 Å². The molecule has 2 N–H and O–H groups in total. The highest BCUT2D eigenvalue weighted by Gasteiger charge is 2.74. The lowest BCUT2D eigenvalue weighted by atomic mass is 9.33. The molecule has 5 nitrogen and oxygen atoms in total. The van der Waals surface area contributed by atoms with Gasteiger partial charge in [0.15, 0.2) is 5.78 Å². The minimum atomic E-state index is -0.990. The smallest absolute Gasteiger partial charge is 0.384 e. The summed E-state index contributed by atoms with van der Waals surface area (Å²) in [6.07, 6.45) is 6.95. The number of carbonyl (C=O) groups is 2. The zero-order chi connectivity index (χ0) is 22.2. The van der Waals surface area contributed by atoms with Gasteiger partial charge in [-0.1, -0.05) is 19.8 Å². The molecule has 0 aromatic heterocycles. The minimum Gasteiger partial charge on any atom is -0.456 e. The second-order valence-corrected chi connectivity index (χ2v) is 11.5. The fourth-order valence-electron chi connectivity index (χ4n) is 8.98. The van der Waals surface area contributed by atoms with Gasteiger partial charge >= 0.3 is 5.97 Å². The fourth-order valence-corrected chi connectivity index (χ4v) is 8.98. The van der Waals surface area contributed by atoms with Crippen LogP contribution in [0.15, 0.2) is 0 Å². The van der Waals surface area contributed by atoms with Crippen LogP contribution in [0.25, 0.3) is 0 Å². The summed E-state index contributed by atoms with van der Waals surface area (Å²) in [5.74, 6) is 6.40. The maximum absolute atomic E-state index is 13.3. The molecule has 5 aliphatic rings. The second kappa shape index (κ2) is 6.81. The molecule has 0 aliphatic heterocycles. The Labute approximate surface area is 185 Å². The van der Waals surface area contributed by atoms with Crippen LogP contribution in [0.4, 0.5) is 0 Å². The molecule has 0 aromatic carbocycles. The highest BCUT2D eigenvalue weighted by Crippen LogP contribution is 2.73. The Kier molecular flexibility index (Phi) is 4.72. The molecule has 0 heterocycles. The number of hydrogen-bond acceptors (Lipinski definition) is 5. The first-order chi connectivity index (χ1) is 14.6. The van der Waals surface area contributed by atoms with E-state index >= 15 is 0 Å². The topological polar surface area (TPSA) is 83.8 Å². The van der Waals surface area contributed by atoms with Crippen molar-refractivity contribution >= 4 is 11.8 Å². The van der Waals surface area contributed by atoms with Crippen LogP contribution in [0.5, 0.6) is 0 Å². The molecule has 170 valence electrons. The lowest BCUT2D eigenvalue weighted by Gasteiger charge is -2.70. The van der Waals surface area contributed by atoms with Gasteiger partial charge in [0, 0.05) is 17.8 Å². The molecule has 0 aromatic rings. The Morgan fingerprint density at radius 1 is 1.10 bits per heavy atom. The molecule has 0 bridgehead atoms. The van der Waals surface area contributed by atoms with Crippen LogP contribution in [0.1, 0.15) is 78.6 Å². The lowest BCUT2D eigenvalue weighted by Crippen LogP contribution is -2.72. The molecule has 0 saturated heterocycles. The van der Waals surface area contributed by atoms with Gasteiger partial charge in [0.25, 0.3) is 0 Å². The monoisotopic (exact) mass is 428 g/mol. The van der Waals surface area contributed by atoms with Crippen LogP contribution in [-0.4, -0.2) is 40.3 Å². The van der Waals surface area contributed by atoms with Gasteiger partial charge in [-0.2, -0.15) is 0 Å². The number of aliphatic hydroxyl groups is 2. The first-order valence-corrected chi connectivity index (χ1v) is 12.3. The van der Waals surface area contributed by atoms with E-state index in [1.54, 1.807) is 6.92 Å². The van der Waals surface area contributed by atoms with Crippen molar-refractivity contribution in [2.45, 2.75) is 90.3 Å². The van der Waals surface area contributed by atoms with E-state index in [0.717, 1.165) is 38.5 Å². The number of esters is 1. The summed E-state index contributed by atoms with van der Waals surface area (Å²) in [5.41, 5.74) is -2.21. The Balaban J connectivity index is 1.52. The average molecular weight is 429 g/mol. The summed E-state index contributed by atoms with van der Waals surface area (Å²) in [5, 5.41) is 22.6. The van der Waals surface area contributed by atoms with Gasteiger partial charge in [-0.05, 0) is 87.4 Å². The third kappa shape index (κ3) is 2.58. The second-order valence-electron chi connectivity index (χ2n) is 11.5. The largest absolute Gasteiger partial charge is 0.456 e. The number of Topliss-reactive ketones (excluding diaryl/α,β-unsaturated/α-hetero) is 1. The van der Waals surface area contributed by atoms with Crippen molar-refractivity contribution in [3.63, 3.8) is 0 Å². The van der Waals surface area contributed by atoms with E-state index in [9.17, 15) is 19.8 Å². The van der Waals surface area contributed by atoms with Crippen molar-refractivity contribution < 1.29 is 24.5 Å². The Bertz CT molecular complexity index is 871. The highest BCUT2D eigenvalue weighted by molar-refractivity contribution is 5.95. The van der Waals surface area contributed by atoms with Gasteiger partial charge in [-0.15, -0.1) is 0 Å². The molecule has 5 aliphatic carbocycles. The summed E-state index contributed by atoms with van der Waals surface area (Å²) in [6, 6.07) is 0. The van der Waals surface area contributed by atoms with E-state index < -0.39 is 17.0 Å². The predicted molar refractivity (Wildman–Crippen MR) is 115 cm³/mol. The van der Waals surface area contributed by atoms with Crippen LogP contribution in [0, 0.1) is 51.8 Å². The molecule has 9 atom stereocenters. The van der Waals surface area contributed by atoms with Crippen molar-refractivity contribution in [2.24, 2.45) is 39.9 Å². The zero-order valence-corrected chi connectivity index (χ0v) is 19.1. The number of rotatable bonds is 1. The maximum Gasteiger partial charge on any atom is 0.384 e. The standard InChI is InChI=1S/C26H36O5/c1-4-31-22(29)10-13-25-12-9-19(25)24(3)18-8-11-23(2)17(5-6-20(23)27)16(18)7-14-26(24,30)15-21(25)28/h16-20,27,30H,4-9,11-12,14-15H2,1-3H3/t16-,17-,18-,19?,20+,23-,24-,25?,26-/m0/s1. The first-order valence-electron chi connectivity index (χ1n) is 12.3. The molecule has 0 radical (unpaired) electrons. The summed E-state index contributed by atoms with van der Waals surface area (Å²) in [4.78, 5) is 25.3. The van der Waals surface area contributed by atoms with Crippen LogP contribution < -0.4 is 0 Å². The average Bonchev–Trinajstić information content (AvgIpc) is 2.99. The minimum absolute atomic E-state index is 0.0101. The van der Waals surface area contributed by atoms with E-state index in [0.29, 0.717) is 30.6 Å². The van der Waals surface area contributed by atoms with Crippen LogP contribution in [0.3, 0.4) is 0 Å². The number of hydrogen-bond donors (Lipinski definition) is 2. The van der Waals surface area contributed by atoms with Gasteiger partial charge in [0.2, 0.25) is 0 Å². The van der Waals surface area contributed by atoms with Crippen LogP contribution in [-0.2, 0) is 14.3 Å². The summed E-state index contributed by atoms with van der Waals surface area (Å²) >= 11 is 0. The Morgan fingerprint density at radius 3 is 2.55 bits per heavy atom. The molecule has 0 amide bonds. The van der Waals surface area contributed by atoms with Crippen LogP contribution in [0.2, 0.25) is 0 Å². The number of ketones is 1. The lowest BCUT2D eigenvalue weighted by molar-refractivity contribution is -0.259. The molecule has 5 fully saturated rings. The van der Waals surface area contributed by atoms with Gasteiger partial charge in [0.1, 0.15) is 0 Å². The molecule has 5 heteroatoms. The Morgan fingerprint density at radius 2 is 1.87 bits per heavy atom. The fraction of sp³-hybridized carbons (Fsp3) is 0.846. The summed E-state index contributed by atoms with van der Waals surface area (Å²) in [6.45, 7) is 6.49. The van der Waals surface area contributed by atoms with Crippen molar-refractivity contribution in [2.75, 3.05) is 6.61 Å². The summed E-state index contributed by atoms with van der Waals surface area (Å²) in [7, 11) is 0. The highest BCUT2D eigenvalue weighted by atomic mass is 16.5. The van der Waals surface area contributed by atoms with Crippen molar-refractivity contribution in [3.8, 4) is 11.8 Å². The molecule has 5 rings (SSSR count). The van der Waals surface area contributed by atoms with Crippen molar-refractivity contribution in [3.05, 3.63) is 0 Å². The van der Waals surface area contributed by atoms with Crippen molar-refractivity contribution in [1.29, 1.82) is 0 Å². The van der Waals surface area contributed by atoms with E-state index in [1.807, 2.05) is 0 Å². The van der Waals surface area contributed by atoms with E-state index in [-0.39, 0.29) is 41.7 Å². The molecule has 0 spiro atoms. The number of fused-ring (bicyclic) bond motifs is 7. The normalized spacial score (nSPS) is 52.4. The number of aliphatic hydroxyl groups excluding tert-OH is 1. The van der Waals surface area contributed by atoms with Crippen molar-refractivity contribution in [1.82, 2.24) is 0 Å². The third-order valence-corrected chi connectivity index (χ3v) is 10.8. The van der Waals surface area contributed by atoms with Gasteiger partial charge in [-0.25, -0.2) is 4.79 Å². The molecular weight excluding hydrogens is 392 g/mol. The van der Waals surface area contributed by atoms with E-state index in [4.69, 9.17) is 4.74 Å². The maximum atomic E-state index is 13.3. The summed E-state index contributed by atoms with van der Waals surface area (Å²) < 4.78 is 4.98. The van der Waals surface area contributed by atoms with Gasteiger partial charge in [-0.3, -0.25) is 4.79 Å². The first kappa shape index (κ1) is 21.5. The number of carbonyl (C=O) groups excluding carboxylic acids is 2. The zero-order valence-electron chi connectivity index (χ0n) is 19.1. The molecular formula is C26H36O5. The van der Waals surface area contributed by atoms with E-state index in [1.165, 1.54) is 0 Å². The van der Waals surface area contributed by atoms with Gasteiger partial charge in [0.05, 0.1) is 23.7 Å².